The van der Waals surface area contributed by atoms with Gasteiger partial charge < -0.3 is 9.47 Å². The highest BCUT2D eigenvalue weighted by atomic mass is 35.5. The van der Waals surface area contributed by atoms with Crippen molar-refractivity contribution in [1.29, 1.82) is 0 Å². The summed E-state index contributed by atoms with van der Waals surface area (Å²) in [6.45, 7) is -0.169. The van der Waals surface area contributed by atoms with Gasteiger partial charge in [0.15, 0.2) is 11.9 Å². The lowest BCUT2D eigenvalue weighted by molar-refractivity contribution is -0.137. The first-order valence-electron chi connectivity index (χ1n) is 7.29. The number of halogens is 4. The molecule has 24 heavy (non-hydrogen) atoms. The molecular formula is C16H14ClF3N2O2. The van der Waals surface area contributed by atoms with E-state index < -0.39 is 11.7 Å². The van der Waals surface area contributed by atoms with Gasteiger partial charge in [-0.25, -0.2) is 0 Å². The number of ether oxygens (including phenoxy) is 2. The van der Waals surface area contributed by atoms with E-state index in [0.29, 0.717) is 16.4 Å². The summed E-state index contributed by atoms with van der Waals surface area (Å²) in [7, 11) is 1.40. The fourth-order valence-corrected chi connectivity index (χ4v) is 3.05. The smallest absolute Gasteiger partial charge is 0.416 e. The molecule has 2 aromatic rings. The minimum Gasteiger partial charge on any atom is -0.467 e. The molecular weight excluding hydrogens is 345 g/mol. The van der Waals surface area contributed by atoms with Crippen molar-refractivity contribution in [1.82, 2.24) is 10.2 Å². The number of benzene rings is 1. The average molecular weight is 359 g/mol. The van der Waals surface area contributed by atoms with E-state index in [0.717, 1.165) is 42.5 Å². The monoisotopic (exact) mass is 358 g/mol. The molecule has 0 amide bonds. The SMILES string of the molecule is COCOc1cc(C(F)(F)F)ccc1-c1nnc(Cl)c2c1CCC2. The van der Waals surface area contributed by atoms with Gasteiger partial charge in [-0.15, -0.1) is 10.2 Å². The summed E-state index contributed by atoms with van der Waals surface area (Å²) >= 11 is 6.06. The summed E-state index contributed by atoms with van der Waals surface area (Å²) in [4.78, 5) is 0. The van der Waals surface area contributed by atoms with Crippen LogP contribution in [0.3, 0.4) is 0 Å². The van der Waals surface area contributed by atoms with Crippen LogP contribution in [0.1, 0.15) is 23.1 Å². The summed E-state index contributed by atoms with van der Waals surface area (Å²) < 4.78 is 49.1. The Hall–Kier alpha value is -1.86. The molecule has 0 saturated carbocycles. The van der Waals surface area contributed by atoms with Crippen molar-refractivity contribution in [2.24, 2.45) is 0 Å². The molecule has 8 heteroatoms. The Kier molecular flexibility index (Phi) is 4.64. The Morgan fingerprint density at radius 3 is 2.62 bits per heavy atom. The average Bonchev–Trinajstić information content (AvgIpc) is 3.03. The van der Waals surface area contributed by atoms with Crippen LogP contribution >= 0.6 is 11.6 Å². The van der Waals surface area contributed by atoms with Gasteiger partial charge in [-0.1, -0.05) is 11.6 Å². The van der Waals surface area contributed by atoms with Gasteiger partial charge in [-0.2, -0.15) is 13.2 Å². The molecule has 1 aromatic carbocycles. The molecule has 0 aliphatic heterocycles. The highest BCUT2D eigenvalue weighted by Gasteiger charge is 2.32. The third-order valence-corrected chi connectivity index (χ3v) is 4.19. The van der Waals surface area contributed by atoms with E-state index in [1.54, 1.807) is 0 Å². The Balaban J connectivity index is 2.12. The van der Waals surface area contributed by atoms with Gasteiger partial charge in [-0.3, -0.25) is 0 Å². The zero-order chi connectivity index (χ0) is 17.3. The highest BCUT2D eigenvalue weighted by molar-refractivity contribution is 6.30. The molecule has 0 N–H and O–H groups in total. The fourth-order valence-electron chi connectivity index (χ4n) is 2.80. The predicted octanol–water partition coefficient (Wildman–Crippen LogP) is 4.29. The van der Waals surface area contributed by atoms with E-state index in [-0.39, 0.29) is 12.5 Å². The second kappa shape index (κ2) is 6.57. The fraction of sp³-hybridized carbons (Fsp3) is 0.375. The normalized spacial score (nSPS) is 13.9. The van der Waals surface area contributed by atoms with Crippen LogP contribution in [0.5, 0.6) is 5.75 Å². The summed E-state index contributed by atoms with van der Waals surface area (Å²) in [5.41, 5.74) is 1.97. The molecule has 4 nitrogen and oxygen atoms in total. The number of aromatic nitrogens is 2. The zero-order valence-corrected chi connectivity index (χ0v) is 13.5. The third kappa shape index (κ3) is 3.18. The van der Waals surface area contributed by atoms with Gasteiger partial charge in [-0.05, 0) is 48.6 Å². The lowest BCUT2D eigenvalue weighted by Gasteiger charge is -2.15. The summed E-state index contributed by atoms with van der Waals surface area (Å²) in [5, 5.41) is 8.37. The molecule has 0 fully saturated rings. The van der Waals surface area contributed by atoms with E-state index in [9.17, 15) is 13.2 Å². The molecule has 0 bridgehead atoms. The third-order valence-electron chi connectivity index (χ3n) is 3.89. The quantitative estimate of drug-likeness (QED) is 0.765. The van der Waals surface area contributed by atoms with E-state index in [2.05, 4.69) is 10.2 Å². The Morgan fingerprint density at radius 1 is 1.17 bits per heavy atom. The van der Waals surface area contributed by atoms with Crippen LogP contribution in [0.2, 0.25) is 5.15 Å². The lowest BCUT2D eigenvalue weighted by Crippen LogP contribution is -2.08. The second-order valence-corrected chi connectivity index (χ2v) is 5.77. The van der Waals surface area contributed by atoms with Gasteiger partial charge in [0.2, 0.25) is 0 Å². The Bertz CT molecular complexity index is 766. The molecule has 1 heterocycles. The second-order valence-electron chi connectivity index (χ2n) is 5.41. The van der Waals surface area contributed by atoms with Crippen LogP contribution in [0.25, 0.3) is 11.3 Å². The van der Waals surface area contributed by atoms with Crippen molar-refractivity contribution >= 4 is 11.6 Å². The molecule has 0 atom stereocenters. The zero-order valence-electron chi connectivity index (χ0n) is 12.8. The van der Waals surface area contributed by atoms with E-state index >= 15 is 0 Å². The number of alkyl halides is 3. The first kappa shape index (κ1) is 17.0. The molecule has 128 valence electrons. The number of hydrogen-bond acceptors (Lipinski definition) is 4. The van der Waals surface area contributed by atoms with Crippen molar-refractivity contribution < 1.29 is 22.6 Å². The Morgan fingerprint density at radius 2 is 1.92 bits per heavy atom. The maximum Gasteiger partial charge on any atom is 0.416 e. The van der Waals surface area contributed by atoms with Crippen molar-refractivity contribution in [3.8, 4) is 17.0 Å². The molecule has 1 aliphatic carbocycles. The number of methoxy groups -OCH3 is 1. The molecule has 1 aromatic heterocycles. The Labute approximate surface area is 141 Å². The molecule has 0 saturated heterocycles. The lowest BCUT2D eigenvalue weighted by atomic mass is 10.0. The highest BCUT2D eigenvalue weighted by Crippen LogP contribution is 2.40. The topological polar surface area (TPSA) is 44.2 Å². The van der Waals surface area contributed by atoms with E-state index in [4.69, 9.17) is 21.1 Å². The maximum absolute atomic E-state index is 13.0. The summed E-state index contributed by atoms with van der Waals surface area (Å²) in [6, 6.07) is 3.31. The van der Waals surface area contributed by atoms with Gasteiger partial charge in [0.05, 0.1) is 5.56 Å². The summed E-state index contributed by atoms with van der Waals surface area (Å²) in [5.74, 6) is 0.0531. The largest absolute Gasteiger partial charge is 0.467 e. The van der Waals surface area contributed by atoms with Gasteiger partial charge in [0.25, 0.3) is 0 Å². The van der Waals surface area contributed by atoms with Crippen LogP contribution in [0.4, 0.5) is 13.2 Å². The van der Waals surface area contributed by atoms with Gasteiger partial charge >= 0.3 is 6.18 Å². The van der Waals surface area contributed by atoms with Crippen molar-refractivity contribution in [3.05, 3.63) is 40.0 Å². The number of rotatable bonds is 4. The first-order chi connectivity index (χ1) is 11.4. The van der Waals surface area contributed by atoms with Crippen LogP contribution in [0, 0.1) is 0 Å². The van der Waals surface area contributed by atoms with Crippen molar-refractivity contribution in [2.75, 3.05) is 13.9 Å². The molecule has 3 rings (SSSR count). The van der Waals surface area contributed by atoms with E-state index in [1.165, 1.54) is 13.2 Å². The number of hydrogen-bond donors (Lipinski definition) is 0. The minimum absolute atomic E-state index is 0.0531. The standard InChI is InChI=1S/C16H14ClF3N2O2/c1-23-8-24-13-7-9(16(18,19)20)5-6-12(13)14-10-3-2-4-11(10)15(17)22-21-14/h5-7H,2-4,8H2,1H3. The molecule has 0 spiro atoms. The van der Waals surface area contributed by atoms with Crippen molar-refractivity contribution in [3.63, 3.8) is 0 Å². The van der Waals surface area contributed by atoms with Crippen LogP contribution in [-0.4, -0.2) is 24.1 Å². The first-order valence-corrected chi connectivity index (χ1v) is 7.67. The molecule has 0 radical (unpaired) electrons. The molecule has 1 aliphatic rings. The van der Waals surface area contributed by atoms with Crippen LogP contribution in [-0.2, 0) is 23.8 Å². The van der Waals surface area contributed by atoms with Crippen LogP contribution in [0.15, 0.2) is 18.2 Å². The van der Waals surface area contributed by atoms with Crippen molar-refractivity contribution in [2.45, 2.75) is 25.4 Å². The maximum atomic E-state index is 13.0. The minimum atomic E-state index is -4.46. The van der Waals surface area contributed by atoms with Gasteiger partial charge in [0.1, 0.15) is 11.4 Å². The molecule has 0 unspecified atom stereocenters. The number of nitrogens with zero attached hydrogens (tertiary/aromatic N) is 2. The predicted molar refractivity (Wildman–Crippen MR) is 82.0 cm³/mol. The summed E-state index contributed by atoms with van der Waals surface area (Å²) in [6.07, 6.45) is -2.02. The van der Waals surface area contributed by atoms with Gasteiger partial charge in [0, 0.05) is 12.7 Å². The van der Waals surface area contributed by atoms with E-state index in [1.807, 2.05) is 0 Å². The van der Waals surface area contributed by atoms with Crippen LogP contribution < -0.4 is 4.74 Å². The number of fused-ring (bicyclic) bond motifs is 1.